The Hall–Kier alpha value is -2.52. The molecule has 1 unspecified atom stereocenters. The molecule has 1 aromatic carbocycles. The molecule has 94 valence electrons. The quantitative estimate of drug-likeness (QED) is 0.708. The van der Waals surface area contributed by atoms with Gasteiger partial charge in [0, 0.05) is 0 Å². The van der Waals surface area contributed by atoms with Crippen LogP contribution in [0.5, 0.6) is 0 Å². The van der Waals surface area contributed by atoms with Crippen molar-refractivity contribution in [2.24, 2.45) is 0 Å². The number of hydrogen-bond acceptors (Lipinski definition) is 2. The molecule has 3 heteroatoms. The van der Waals surface area contributed by atoms with E-state index in [4.69, 9.17) is 11.3 Å². The Bertz CT molecular complexity index is 656. The molecule has 0 bridgehead atoms. The normalized spacial score (nSPS) is 24.5. The number of ether oxygens (including phenoxy) is 1. The van der Waals surface area contributed by atoms with Gasteiger partial charge >= 0.3 is 0 Å². The zero-order valence-electron chi connectivity index (χ0n) is 11.2. The summed E-state index contributed by atoms with van der Waals surface area (Å²) in [5, 5.41) is 9.31. The highest BCUT2D eigenvalue weighted by molar-refractivity contribution is 5.54. The molecule has 0 N–H and O–H groups in total. The van der Waals surface area contributed by atoms with Crippen LogP contribution in [0.15, 0.2) is 52.9 Å². The lowest BCUT2D eigenvalue weighted by atomic mass is 9.88. The van der Waals surface area contributed by atoms with Gasteiger partial charge in [-0.1, -0.05) is 30.3 Å². The Balaban J connectivity index is 2.64. The molecule has 0 saturated heterocycles. The van der Waals surface area contributed by atoms with Crippen LogP contribution in [0.25, 0.3) is 4.85 Å². The molecule has 1 heterocycles. The van der Waals surface area contributed by atoms with Crippen LogP contribution in [0, 0.1) is 17.9 Å². The van der Waals surface area contributed by atoms with Gasteiger partial charge in [-0.2, -0.15) is 5.26 Å². The molecule has 1 aliphatic heterocycles. The van der Waals surface area contributed by atoms with Gasteiger partial charge in [-0.05, 0) is 31.9 Å². The molecule has 1 aromatic rings. The van der Waals surface area contributed by atoms with E-state index in [1.54, 1.807) is 6.92 Å². The molecule has 0 aliphatic carbocycles. The molecule has 2 rings (SSSR count). The minimum atomic E-state index is -0.673. The van der Waals surface area contributed by atoms with Crippen LogP contribution >= 0.6 is 0 Å². The first-order chi connectivity index (χ1) is 9.04. The maximum Gasteiger partial charge on any atom is 0.204 e. The van der Waals surface area contributed by atoms with Crippen LogP contribution in [0.1, 0.15) is 26.3 Å². The van der Waals surface area contributed by atoms with E-state index in [-0.39, 0.29) is 0 Å². The Morgan fingerprint density at radius 2 is 2.00 bits per heavy atom. The van der Waals surface area contributed by atoms with E-state index < -0.39 is 5.60 Å². The van der Waals surface area contributed by atoms with E-state index in [1.807, 2.05) is 44.2 Å². The summed E-state index contributed by atoms with van der Waals surface area (Å²) in [7, 11) is 0. The van der Waals surface area contributed by atoms with Gasteiger partial charge in [0.05, 0.1) is 12.1 Å². The Labute approximate surface area is 113 Å². The first-order valence-electron chi connectivity index (χ1n) is 5.99. The molecule has 19 heavy (non-hydrogen) atoms. The smallest absolute Gasteiger partial charge is 0.204 e. The highest BCUT2D eigenvalue weighted by Crippen LogP contribution is 2.45. The third kappa shape index (κ3) is 1.90. The molecule has 0 spiro atoms. The first kappa shape index (κ1) is 12.9. The van der Waals surface area contributed by atoms with Crippen molar-refractivity contribution in [1.82, 2.24) is 0 Å². The van der Waals surface area contributed by atoms with Crippen molar-refractivity contribution in [3.8, 4) is 6.07 Å². The van der Waals surface area contributed by atoms with Crippen LogP contribution in [0.4, 0.5) is 0 Å². The summed E-state index contributed by atoms with van der Waals surface area (Å²) in [5.41, 5.74) is 2.04. The average molecular weight is 250 g/mol. The number of hydrogen-bond donors (Lipinski definition) is 0. The van der Waals surface area contributed by atoms with Crippen molar-refractivity contribution in [1.29, 1.82) is 5.26 Å². The lowest BCUT2D eigenvalue weighted by Crippen LogP contribution is -2.22. The van der Waals surface area contributed by atoms with Gasteiger partial charge in [0.1, 0.15) is 11.8 Å². The standard InChI is InChI=1S/C16H14N2O/c1-11-14(10-17)15(12(2)18-4)19-16(11,3)13-8-6-5-7-9-13/h5-9H,1-3H3/b15-12-. The number of benzene rings is 1. The highest BCUT2D eigenvalue weighted by Gasteiger charge is 2.41. The van der Waals surface area contributed by atoms with Crippen molar-refractivity contribution in [2.45, 2.75) is 26.4 Å². The Kier molecular flexibility index (Phi) is 3.15. The van der Waals surface area contributed by atoms with E-state index in [9.17, 15) is 5.26 Å². The molecule has 0 radical (unpaired) electrons. The second-order valence-corrected chi connectivity index (χ2v) is 4.64. The Morgan fingerprint density at radius 1 is 1.37 bits per heavy atom. The SMILES string of the molecule is [C-]#[N+]/C(C)=C1\OC(C)(c2ccccc2)C(C)=C1C#N. The molecule has 0 amide bonds. The van der Waals surface area contributed by atoms with Crippen molar-refractivity contribution in [2.75, 3.05) is 0 Å². The Morgan fingerprint density at radius 3 is 2.53 bits per heavy atom. The average Bonchev–Trinajstić information content (AvgIpc) is 2.72. The van der Waals surface area contributed by atoms with E-state index in [2.05, 4.69) is 10.9 Å². The fraction of sp³-hybridized carbons (Fsp3) is 0.250. The molecular formula is C16H14N2O. The molecule has 3 nitrogen and oxygen atoms in total. The van der Waals surface area contributed by atoms with E-state index in [1.165, 1.54) is 0 Å². The fourth-order valence-electron chi connectivity index (χ4n) is 2.21. The van der Waals surface area contributed by atoms with Crippen LogP contribution in [-0.4, -0.2) is 0 Å². The van der Waals surface area contributed by atoms with Gasteiger partial charge < -0.3 is 4.74 Å². The lowest BCUT2D eigenvalue weighted by molar-refractivity contribution is 0.0721. The second kappa shape index (κ2) is 4.63. The topological polar surface area (TPSA) is 37.4 Å². The number of allylic oxidation sites excluding steroid dienone is 2. The minimum absolute atomic E-state index is 0.404. The number of rotatable bonds is 1. The third-order valence-electron chi connectivity index (χ3n) is 3.56. The van der Waals surface area contributed by atoms with Crippen LogP contribution in [0.2, 0.25) is 0 Å². The number of nitrogens with zero attached hydrogens (tertiary/aromatic N) is 2. The third-order valence-corrected chi connectivity index (χ3v) is 3.56. The van der Waals surface area contributed by atoms with Crippen molar-refractivity contribution in [3.63, 3.8) is 0 Å². The summed E-state index contributed by atoms with van der Waals surface area (Å²) in [5.74, 6) is 0.404. The summed E-state index contributed by atoms with van der Waals surface area (Å²) in [6, 6.07) is 11.9. The van der Waals surface area contributed by atoms with Crippen LogP contribution < -0.4 is 0 Å². The highest BCUT2D eigenvalue weighted by atomic mass is 16.5. The fourth-order valence-corrected chi connectivity index (χ4v) is 2.21. The maximum absolute atomic E-state index is 9.31. The summed E-state index contributed by atoms with van der Waals surface area (Å²) in [4.78, 5) is 3.38. The van der Waals surface area contributed by atoms with Crippen LogP contribution in [-0.2, 0) is 10.3 Å². The van der Waals surface area contributed by atoms with Gasteiger partial charge in [0.25, 0.3) is 0 Å². The zero-order valence-corrected chi connectivity index (χ0v) is 11.2. The zero-order chi connectivity index (χ0) is 14.0. The van der Waals surface area contributed by atoms with Gasteiger partial charge in [-0.25, -0.2) is 4.85 Å². The van der Waals surface area contributed by atoms with Gasteiger partial charge in [0.15, 0.2) is 5.60 Å². The van der Waals surface area contributed by atoms with E-state index >= 15 is 0 Å². The lowest BCUT2D eigenvalue weighted by Gasteiger charge is -2.27. The molecular weight excluding hydrogens is 236 g/mol. The molecule has 0 fully saturated rings. The number of nitriles is 1. The summed E-state index contributed by atoms with van der Waals surface area (Å²) in [6.07, 6.45) is 0. The van der Waals surface area contributed by atoms with Crippen molar-refractivity contribution in [3.05, 3.63) is 69.9 Å². The summed E-state index contributed by atoms with van der Waals surface area (Å²) >= 11 is 0. The summed E-state index contributed by atoms with van der Waals surface area (Å²) in [6.45, 7) is 12.6. The predicted molar refractivity (Wildman–Crippen MR) is 72.5 cm³/mol. The van der Waals surface area contributed by atoms with Crippen LogP contribution in [0.3, 0.4) is 0 Å². The molecule has 1 aliphatic rings. The minimum Gasteiger partial charge on any atom is -0.488 e. The van der Waals surface area contributed by atoms with Gasteiger partial charge in [-0.3, -0.25) is 0 Å². The molecule has 1 atom stereocenters. The molecule has 0 aromatic heterocycles. The van der Waals surface area contributed by atoms with E-state index in [0.29, 0.717) is 17.0 Å². The van der Waals surface area contributed by atoms with Gasteiger partial charge in [-0.15, -0.1) is 0 Å². The monoisotopic (exact) mass is 250 g/mol. The van der Waals surface area contributed by atoms with Crippen molar-refractivity contribution < 1.29 is 4.74 Å². The predicted octanol–water partition coefficient (Wildman–Crippen LogP) is 3.92. The second-order valence-electron chi connectivity index (χ2n) is 4.64. The largest absolute Gasteiger partial charge is 0.488 e. The van der Waals surface area contributed by atoms with Gasteiger partial charge in [0.2, 0.25) is 5.70 Å². The van der Waals surface area contributed by atoms with E-state index in [0.717, 1.165) is 11.1 Å². The summed E-state index contributed by atoms with van der Waals surface area (Å²) < 4.78 is 5.97. The first-order valence-corrected chi connectivity index (χ1v) is 5.99. The molecule has 0 saturated carbocycles. The maximum atomic E-state index is 9.31. The van der Waals surface area contributed by atoms with Crippen molar-refractivity contribution >= 4 is 0 Å².